The van der Waals surface area contributed by atoms with E-state index < -0.39 is 0 Å². The van der Waals surface area contributed by atoms with Crippen LogP contribution in [0.3, 0.4) is 0 Å². The van der Waals surface area contributed by atoms with E-state index in [1.807, 2.05) is 0 Å². The van der Waals surface area contributed by atoms with Crippen molar-refractivity contribution in [2.75, 3.05) is 6.61 Å². The van der Waals surface area contributed by atoms with Gasteiger partial charge in [-0.2, -0.15) is 0 Å². The molecule has 0 aliphatic carbocycles. The Balaban J connectivity index is 3.92. The number of esters is 1. The highest BCUT2D eigenvalue weighted by Crippen LogP contribution is 2.20. The second-order valence-corrected chi connectivity index (χ2v) is 12.9. The first-order valence-electron chi connectivity index (χ1n) is 18.6. The third kappa shape index (κ3) is 31.9. The zero-order chi connectivity index (χ0) is 30.1. The monoisotopic (exact) mass is 579 g/mol. The minimum Gasteiger partial charge on any atom is -0.465 e. The number of allylic oxidation sites excluding steroid dienone is 1. The second kappa shape index (κ2) is 33.7. The minimum absolute atomic E-state index is 0.0186. The Morgan fingerprint density at radius 3 is 1.56 bits per heavy atom. The first-order chi connectivity index (χ1) is 20.1. The van der Waals surface area contributed by atoms with Crippen LogP contribution < -0.4 is 0 Å². The lowest BCUT2D eigenvalue weighted by Gasteiger charge is -2.17. The van der Waals surface area contributed by atoms with Crippen LogP contribution in [0.1, 0.15) is 207 Å². The van der Waals surface area contributed by atoms with E-state index in [4.69, 9.17) is 4.74 Å². The number of unbranched alkanes of at least 4 members (excludes halogenated alkanes) is 20. The van der Waals surface area contributed by atoms with Gasteiger partial charge in [0, 0.05) is 6.42 Å². The third-order valence-corrected chi connectivity index (χ3v) is 8.63. The predicted octanol–water partition coefficient (Wildman–Crippen LogP) is 12.4. The van der Waals surface area contributed by atoms with Gasteiger partial charge in [0.05, 0.1) is 12.7 Å². The Morgan fingerprint density at radius 2 is 1.00 bits per heavy atom. The van der Waals surface area contributed by atoms with Gasteiger partial charge in [-0.15, -0.1) is 0 Å². The van der Waals surface area contributed by atoms with Crippen LogP contribution in [-0.4, -0.2) is 23.8 Å². The van der Waals surface area contributed by atoms with E-state index in [0.717, 1.165) is 38.5 Å². The summed E-state index contributed by atoms with van der Waals surface area (Å²) in [4.78, 5) is 12.4. The molecule has 41 heavy (non-hydrogen) atoms. The summed E-state index contributed by atoms with van der Waals surface area (Å²) >= 11 is 0. The molecule has 3 heteroatoms. The summed E-state index contributed by atoms with van der Waals surface area (Å²) in [5.74, 6) is 0.575. The van der Waals surface area contributed by atoms with Crippen molar-refractivity contribution in [2.24, 2.45) is 5.92 Å². The third-order valence-electron chi connectivity index (χ3n) is 8.63. The summed E-state index contributed by atoms with van der Waals surface area (Å²) in [5.41, 5.74) is 0. The molecule has 0 bridgehead atoms. The van der Waals surface area contributed by atoms with Gasteiger partial charge in [0.2, 0.25) is 0 Å². The zero-order valence-electron chi connectivity index (χ0n) is 28.3. The van der Waals surface area contributed by atoms with E-state index in [1.165, 1.54) is 141 Å². The molecule has 0 aliphatic heterocycles. The molecule has 1 N–H and O–H groups in total. The Hall–Kier alpha value is -0.830. The quantitative estimate of drug-likeness (QED) is 0.0478. The number of ether oxygens (including phenoxy) is 1. The van der Waals surface area contributed by atoms with E-state index >= 15 is 0 Å². The molecule has 244 valence electrons. The highest BCUT2D eigenvalue weighted by atomic mass is 16.5. The number of rotatable bonds is 33. The molecule has 0 aromatic rings. The van der Waals surface area contributed by atoms with E-state index in [2.05, 4.69) is 32.9 Å². The standard InChI is InChI=1S/C38H74O3/c1-4-7-10-13-15-18-22-26-31-36(30-25-21-14-11-8-5-2)35-41-38(40)34-29-24-20-17-16-19-23-28-33-37(39)32-27-12-9-6-3/h23,28,36-37,39H,4-22,24-27,29-35H2,1-3H3/b28-23-/t36?,37-/m1/s1. The van der Waals surface area contributed by atoms with Crippen LogP contribution in [0, 0.1) is 5.92 Å². The van der Waals surface area contributed by atoms with E-state index in [-0.39, 0.29) is 12.1 Å². The molecule has 0 fully saturated rings. The van der Waals surface area contributed by atoms with Crippen molar-refractivity contribution < 1.29 is 14.6 Å². The first-order valence-corrected chi connectivity index (χ1v) is 18.6. The summed E-state index contributed by atoms with van der Waals surface area (Å²) in [6, 6.07) is 0. The molecule has 0 spiro atoms. The lowest BCUT2D eigenvalue weighted by Crippen LogP contribution is -2.14. The molecule has 1 unspecified atom stereocenters. The first kappa shape index (κ1) is 40.2. The average molecular weight is 579 g/mol. The van der Waals surface area contributed by atoms with Crippen LogP contribution in [0.2, 0.25) is 0 Å². The van der Waals surface area contributed by atoms with Crippen molar-refractivity contribution in [1.82, 2.24) is 0 Å². The number of carbonyl (C=O) groups is 1. The molecule has 0 amide bonds. The maximum absolute atomic E-state index is 12.4. The largest absolute Gasteiger partial charge is 0.465 e. The summed E-state index contributed by atoms with van der Waals surface area (Å²) in [5, 5.41) is 10.0. The number of hydrogen-bond donors (Lipinski definition) is 1. The smallest absolute Gasteiger partial charge is 0.305 e. The highest BCUT2D eigenvalue weighted by Gasteiger charge is 2.12. The molecule has 2 atom stereocenters. The highest BCUT2D eigenvalue weighted by molar-refractivity contribution is 5.69. The molecule has 0 aliphatic rings. The van der Waals surface area contributed by atoms with E-state index in [1.54, 1.807) is 0 Å². The van der Waals surface area contributed by atoms with E-state index in [9.17, 15) is 9.90 Å². The number of aliphatic hydroxyl groups excluding tert-OH is 1. The molecule has 3 nitrogen and oxygen atoms in total. The van der Waals surface area contributed by atoms with Crippen molar-refractivity contribution >= 4 is 5.97 Å². The predicted molar refractivity (Wildman–Crippen MR) is 181 cm³/mol. The van der Waals surface area contributed by atoms with Gasteiger partial charge in [0.25, 0.3) is 0 Å². The van der Waals surface area contributed by atoms with Crippen molar-refractivity contribution in [3.05, 3.63) is 12.2 Å². The summed E-state index contributed by atoms with van der Waals surface area (Å²) in [6.07, 6.45) is 39.6. The van der Waals surface area contributed by atoms with Crippen LogP contribution in [0.4, 0.5) is 0 Å². The van der Waals surface area contributed by atoms with Crippen molar-refractivity contribution in [3.63, 3.8) is 0 Å². The number of aliphatic hydroxyl groups is 1. The lowest BCUT2D eigenvalue weighted by atomic mass is 9.94. The van der Waals surface area contributed by atoms with Gasteiger partial charge in [0.1, 0.15) is 0 Å². The van der Waals surface area contributed by atoms with Crippen LogP contribution in [0.25, 0.3) is 0 Å². The topological polar surface area (TPSA) is 46.5 Å². The Morgan fingerprint density at radius 1 is 0.561 bits per heavy atom. The average Bonchev–Trinajstić information content (AvgIpc) is 2.97. The Kier molecular flexibility index (Phi) is 33.0. The van der Waals surface area contributed by atoms with Gasteiger partial charge in [-0.05, 0) is 50.9 Å². The molecule has 0 saturated heterocycles. The zero-order valence-corrected chi connectivity index (χ0v) is 28.3. The summed E-state index contributed by atoms with van der Waals surface area (Å²) < 4.78 is 5.78. The van der Waals surface area contributed by atoms with E-state index in [0.29, 0.717) is 18.9 Å². The van der Waals surface area contributed by atoms with Crippen molar-refractivity contribution in [2.45, 2.75) is 213 Å². The molecular weight excluding hydrogens is 504 g/mol. The summed E-state index contributed by atoms with van der Waals surface area (Å²) in [7, 11) is 0. The molecule has 0 rings (SSSR count). The second-order valence-electron chi connectivity index (χ2n) is 12.9. The number of carbonyl (C=O) groups excluding carboxylic acids is 1. The van der Waals surface area contributed by atoms with Gasteiger partial charge in [-0.25, -0.2) is 0 Å². The SMILES string of the molecule is CCCCCCCCCCC(CCCCCCCC)COC(=O)CCCCCCC/C=C\C[C@H](O)CCCCCC. The fourth-order valence-corrected chi connectivity index (χ4v) is 5.73. The molecule has 0 saturated carbocycles. The van der Waals surface area contributed by atoms with Crippen LogP contribution in [0.5, 0.6) is 0 Å². The Bertz CT molecular complexity index is 544. The lowest BCUT2D eigenvalue weighted by molar-refractivity contribution is -0.145. The summed E-state index contributed by atoms with van der Waals surface area (Å²) in [6.45, 7) is 7.42. The maximum atomic E-state index is 12.4. The van der Waals surface area contributed by atoms with Crippen molar-refractivity contribution in [3.8, 4) is 0 Å². The van der Waals surface area contributed by atoms with Crippen LogP contribution in [-0.2, 0) is 9.53 Å². The minimum atomic E-state index is -0.168. The number of hydrogen-bond acceptors (Lipinski definition) is 3. The Labute approximate surface area is 258 Å². The molecule has 0 heterocycles. The van der Waals surface area contributed by atoms with Gasteiger partial charge in [-0.1, -0.05) is 168 Å². The normalized spacial score (nSPS) is 13.2. The van der Waals surface area contributed by atoms with Crippen molar-refractivity contribution in [1.29, 1.82) is 0 Å². The van der Waals surface area contributed by atoms with Gasteiger partial charge in [-0.3, -0.25) is 4.79 Å². The molecule has 0 aromatic carbocycles. The fraction of sp³-hybridized carbons (Fsp3) is 0.921. The molecular formula is C38H74O3. The van der Waals surface area contributed by atoms with Gasteiger partial charge in [0.15, 0.2) is 0 Å². The van der Waals surface area contributed by atoms with Crippen LogP contribution >= 0.6 is 0 Å². The van der Waals surface area contributed by atoms with Gasteiger partial charge < -0.3 is 9.84 Å². The van der Waals surface area contributed by atoms with Crippen LogP contribution in [0.15, 0.2) is 12.2 Å². The fourth-order valence-electron chi connectivity index (χ4n) is 5.73. The maximum Gasteiger partial charge on any atom is 0.305 e. The van der Waals surface area contributed by atoms with Gasteiger partial charge >= 0.3 is 5.97 Å². The molecule has 0 aromatic heterocycles. The molecule has 0 radical (unpaired) electrons.